The maximum atomic E-state index is 10.00. The van der Waals surface area contributed by atoms with Crippen LogP contribution in [0, 0.1) is 19.3 Å². The van der Waals surface area contributed by atoms with E-state index in [0.717, 1.165) is 11.3 Å². The number of H-pyrrole nitrogens is 1. The molecule has 9 heteroatoms. The van der Waals surface area contributed by atoms with Crippen molar-refractivity contribution in [3.8, 4) is 0 Å². The summed E-state index contributed by atoms with van der Waals surface area (Å²) in [6.45, 7) is 7.58. The highest BCUT2D eigenvalue weighted by Crippen LogP contribution is 2.30. The van der Waals surface area contributed by atoms with Gasteiger partial charge in [0, 0.05) is 24.0 Å². The highest BCUT2D eigenvalue weighted by Gasteiger charge is 2.17. The lowest BCUT2D eigenvalue weighted by molar-refractivity contribution is 0.0945. The van der Waals surface area contributed by atoms with Gasteiger partial charge in [0.25, 0.3) is 0 Å². The Balaban J connectivity index is 1.98. The van der Waals surface area contributed by atoms with Crippen molar-refractivity contribution in [2.75, 3.05) is 17.2 Å². The Kier molecular flexibility index (Phi) is 5.03. The van der Waals surface area contributed by atoms with Gasteiger partial charge in [-0.3, -0.25) is 5.10 Å². The molecule has 1 aromatic carbocycles. The Morgan fingerprint density at radius 1 is 1.30 bits per heavy atom. The number of aromatic amines is 1. The van der Waals surface area contributed by atoms with E-state index >= 15 is 0 Å². The molecular formula is C18H22ClN7O. The van der Waals surface area contributed by atoms with Gasteiger partial charge in [-0.2, -0.15) is 10.1 Å². The number of halogens is 1. The average Bonchev–Trinajstić information content (AvgIpc) is 2.95. The first kappa shape index (κ1) is 19.1. The van der Waals surface area contributed by atoms with E-state index in [1.165, 1.54) is 6.21 Å². The number of aromatic nitrogens is 4. The summed E-state index contributed by atoms with van der Waals surface area (Å²) in [6.07, 6.45) is 1.26. The standard InChI is InChI=1S/C18H22ClN7O/c1-9-5-6-12(11(7-20)14(9)21-8-18(3,4)27)23-17-22-10(2)13-15(19)25-26-16(13)24-17/h5-7,20-21,27H,8H2,1-4H3,(H2,22,23,24,25,26). The van der Waals surface area contributed by atoms with Crippen LogP contribution in [0.1, 0.15) is 30.7 Å². The van der Waals surface area contributed by atoms with Gasteiger partial charge in [-0.15, -0.1) is 0 Å². The minimum atomic E-state index is -0.875. The fraction of sp³-hybridized carbons (Fsp3) is 0.333. The number of nitrogens with zero attached hydrogens (tertiary/aromatic N) is 3. The number of benzene rings is 1. The highest BCUT2D eigenvalue weighted by atomic mass is 35.5. The van der Waals surface area contributed by atoms with E-state index in [2.05, 4.69) is 30.8 Å². The van der Waals surface area contributed by atoms with Crippen molar-refractivity contribution in [3.05, 3.63) is 34.1 Å². The Morgan fingerprint density at radius 2 is 2.04 bits per heavy atom. The third-order valence-corrected chi connectivity index (χ3v) is 4.37. The lowest BCUT2D eigenvalue weighted by Crippen LogP contribution is -2.30. The topological polar surface area (TPSA) is 123 Å². The SMILES string of the molecule is Cc1ccc(Nc2nc(C)c3c(Cl)[nH]nc3n2)c(C=N)c1NCC(C)(C)O. The quantitative estimate of drug-likeness (QED) is 0.412. The molecule has 0 aliphatic carbocycles. The van der Waals surface area contributed by atoms with Gasteiger partial charge in [-0.25, -0.2) is 4.98 Å². The summed E-state index contributed by atoms with van der Waals surface area (Å²) in [5.41, 5.74) is 3.37. The van der Waals surface area contributed by atoms with Crippen molar-refractivity contribution in [1.82, 2.24) is 20.2 Å². The number of nitrogens with one attached hydrogen (secondary N) is 4. The summed E-state index contributed by atoms with van der Waals surface area (Å²) in [4.78, 5) is 8.82. The molecule has 0 aliphatic heterocycles. The van der Waals surface area contributed by atoms with Gasteiger partial charge < -0.3 is 21.1 Å². The molecule has 3 aromatic rings. The van der Waals surface area contributed by atoms with Gasteiger partial charge in [-0.1, -0.05) is 17.7 Å². The Hall–Kier alpha value is -2.71. The summed E-state index contributed by atoms with van der Waals surface area (Å²) < 4.78 is 0. The van der Waals surface area contributed by atoms with Crippen LogP contribution in [0.25, 0.3) is 11.0 Å². The van der Waals surface area contributed by atoms with Gasteiger partial charge >= 0.3 is 0 Å². The minimum absolute atomic E-state index is 0.353. The van der Waals surface area contributed by atoms with Crippen molar-refractivity contribution in [2.45, 2.75) is 33.3 Å². The van der Waals surface area contributed by atoms with Crippen LogP contribution in [-0.4, -0.2) is 43.6 Å². The summed E-state index contributed by atoms with van der Waals surface area (Å²) in [5, 5.41) is 32.1. The third-order valence-electron chi connectivity index (χ3n) is 4.09. The predicted molar refractivity (Wildman–Crippen MR) is 109 cm³/mol. The van der Waals surface area contributed by atoms with Gasteiger partial charge in [0.1, 0.15) is 5.15 Å². The Morgan fingerprint density at radius 3 is 2.70 bits per heavy atom. The predicted octanol–water partition coefficient (Wildman–Crippen LogP) is 3.55. The van der Waals surface area contributed by atoms with Crippen LogP contribution in [0.3, 0.4) is 0 Å². The molecule has 3 rings (SSSR count). The van der Waals surface area contributed by atoms with Crippen LogP contribution >= 0.6 is 11.6 Å². The summed E-state index contributed by atoms with van der Waals surface area (Å²) in [6, 6.07) is 3.80. The van der Waals surface area contributed by atoms with Crippen LogP contribution in [0.5, 0.6) is 0 Å². The van der Waals surface area contributed by atoms with Crippen molar-refractivity contribution in [2.24, 2.45) is 0 Å². The molecule has 0 atom stereocenters. The number of aryl methyl sites for hydroxylation is 2. The maximum absolute atomic E-state index is 10.00. The summed E-state index contributed by atoms with van der Waals surface area (Å²) >= 11 is 6.07. The maximum Gasteiger partial charge on any atom is 0.229 e. The molecule has 0 saturated heterocycles. The molecule has 27 heavy (non-hydrogen) atoms. The molecule has 0 bridgehead atoms. The summed E-state index contributed by atoms with van der Waals surface area (Å²) in [5.74, 6) is 0.364. The molecule has 0 amide bonds. The van der Waals surface area contributed by atoms with E-state index in [-0.39, 0.29) is 0 Å². The number of anilines is 3. The Bertz CT molecular complexity index is 1010. The highest BCUT2D eigenvalue weighted by molar-refractivity contribution is 6.34. The monoisotopic (exact) mass is 387 g/mol. The first-order valence-electron chi connectivity index (χ1n) is 8.45. The van der Waals surface area contributed by atoms with Crippen molar-refractivity contribution < 1.29 is 5.11 Å². The molecule has 0 saturated carbocycles. The number of fused-ring (bicyclic) bond motifs is 1. The number of hydrogen-bond donors (Lipinski definition) is 5. The van der Waals surface area contributed by atoms with Crippen molar-refractivity contribution >= 4 is 46.2 Å². The molecule has 0 unspecified atom stereocenters. The third kappa shape index (κ3) is 4.01. The van der Waals surface area contributed by atoms with Crippen LogP contribution in [0.4, 0.5) is 17.3 Å². The second-order valence-corrected chi connectivity index (χ2v) is 7.40. The molecular weight excluding hydrogens is 366 g/mol. The molecule has 0 fully saturated rings. The first-order chi connectivity index (χ1) is 12.7. The molecule has 2 aromatic heterocycles. The van der Waals surface area contributed by atoms with E-state index in [1.54, 1.807) is 13.8 Å². The van der Waals surface area contributed by atoms with Crippen LogP contribution in [0.15, 0.2) is 12.1 Å². The number of aliphatic hydroxyl groups is 1. The smallest absolute Gasteiger partial charge is 0.229 e. The van der Waals surface area contributed by atoms with Gasteiger partial charge in [-0.05, 0) is 39.3 Å². The normalized spacial score (nSPS) is 11.6. The molecule has 8 nitrogen and oxygen atoms in total. The van der Waals surface area contributed by atoms with E-state index in [0.29, 0.717) is 45.6 Å². The largest absolute Gasteiger partial charge is 0.389 e. The molecule has 0 radical (unpaired) electrons. The molecule has 2 heterocycles. The van der Waals surface area contributed by atoms with Crippen molar-refractivity contribution in [3.63, 3.8) is 0 Å². The average molecular weight is 388 g/mol. The van der Waals surface area contributed by atoms with E-state index < -0.39 is 5.60 Å². The van der Waals surface area contributed by atoms with Gasteiger partial charge in [0.15, 0.2) is 5.65 Å². The zero-order valence-corrected chi connectivity index (χ0v) is 16.4. The van der Waals surface area contributed by atoms with E-state index in [9.17, 15) is 5.11 Å². The van der Waals surface area contributed by atoms with Crippen LogP contribution in [-0.2, 0) is 0 Å². The molecule has 0 spiro atoms. The number of rotatable bonds is 6. The minimum Gasteiger partial charge on any atom is -0.389 e. The fourth-order valence-corrected chi connectivity index (χ4v) is 3.02. The van der Waals surface area contributed by atoms with Gasteiger partial charge in [0.05, 0.1) is 22.4 Å². The second kappa shape index (κ2) is 7.13. The fourth-order valence-electron chi connectivity index (χ4n) is 2.76. The summed E-state index contributed by atoms with van der Waals surface area (Å²) in [7, 11) is 0. The molecule has 142 valence electrons. The van der Waals surface area contributed by atoms with Crippen LogP contribution < -0.4 is 10.6 Å². The lowest BCUT2D eigenvalue weighted by atomic mass is 10.0. The zero-order chi connectivity index (χ0) is 19.8. The first-order valence-corrected chi connectivity index (χ1v) is 8.83. The lowest BCUT2D eigenvalue weighted by Gasteiger charge is -2.22. The van der Waals surface area contributed by atoms with Crippen LogP contribution in [0.2, 0.25) is 5.15 Å². The second-order valence-electron chi connectivity index (χ2n) is 7.02. The Labute approximate surface area is 161 Å². The van der Waals surface area contributed by atoms with E-state index in [4.69, 9.17) is 17.0 Å². The zero-order valence-electron chi connectivity index (χ0n) is 15.6. The van der Waals surface area contributed by atoms with E-state index in [1.807, 2.05) is 26.0 Å². The van der Waals surface area contributed by atoms with Crippen molar-refractivity contribution in [1.29, 1.82) is 5.41 Å². The molecule has 0 aliphatic rings. The van der Waals surface area contributed by atoms with Gasteiger partial charge in [0.2, 0.25) is 5.95 Å². The number of hydrogen-bond acceptors (Lipinski definition) is 7. The molecule has 5 N–H and O–H groups in total.